The Balaban J connectivity index is 1.49. The van der Waals surface area contributed by atoms with Crippen LogP contribution in [-0.2, 0) is 29.2 Å². The van der Waals surface area contributed by atoms with Crippen molar-refractivity contribution >= 4 is 22.1 Å². The second-order valence-corrected chi connectivity index (χ2v) is 10.6. The van der Waals surface area contributed by atoms with Gasteiger partial charge in [0.1, 0.15) is 5.76 Å². The number of fused-ring (bicyclic) bond motifs is 1. The van der Waals surface area contributed by atoms with Gasteiger partial charge in [-0.05, 0) is 55.4 Å². The first-order valence-electron chi connectivity index (χ1n) is 9.82. The van der Waals surface area contributed by atoms with Crippen LogP contribution in [0.15, 0.2) is 11.3 Å². The average molecular weight is 434 g/mol. The van der Waals surface area contributed by atoms with E-state index < -0.39 is 38.8 Å². The van der Waals surface area contributed by atoms with Crippen LogP contribution < -0.4 is 0 Å². The molecule has 7 nitrogen and oxygen atoms in total. The number of carbonyl (C=O) groups is 2. The highest BCUT2D eigenvalue weighted by Crippen LogP contribution is 2.66. The summed E-state index contributed by atoms with van der Waals surface area (Å²) in [4.78, 5) is 25.4. The molecule has 10 heteroatoms. The molecule has 0 radical (unpaired) electrons. The van der Waals surface area contributed by atoms with Crippen molar-refractivity contribution in [3.63, 3.8) is 0 Å². The van der Waals surface area contributed by atoms with Crippen LogP contribution in [0.5, 0.6) is 0 Å². The number of halogens is 2. The molecule has 162 valence electrons. The van der Waals surface area contributed by atoms with Crippen molar-refractivity contribution in [2.24, 2.45) is 28.6 Å². The van der Waals surface area contributed by atoms with E-state index >= 15 is 0 Å². The van der Waals surface area contributed by atoms with Gasteiger partial charge in [0.2, 0.25) is 0 Å². The molecule has 6 aliphatic rings. The molecule has 4 atom stereocenters. The summed E-state index contributed by atoms with van der Waals surface area (Å²) < 4.78 is 67.3. The van der Waals surface area contributed by atoms with E-state index in [4.69, 9.17) is 9.29 Å². The third kappa shape index (κ3) is 3.01. The topological polar surface area (TPSA) is 107 Å². The number of carbonyl (C=O) groups excluding carboxylic acids is 2. The molecule has 6 aliphatic carbocycles. The summed E-state index contributed by atoms with van der Waals surface area (Å²) in [5.74, 6) is -0.443. The molecular weight excluding hydrogens is 410 g/mol. The summed E-state index contributed by atoms with van der Waals surface area (Å²) in [5, 5.41) is -4.57. The third-order valence-corrected chi connectivity index (χ3v) is 8.31. The quantitative estimate of drug-likeness (QED) is 0.485. The van der Waals surface area contributed by atoms with Gasteiger partial charge >= 0.3 is 27.3 Å². The summed E-state index contributed by atoms with van der Waals surface area (Å²) in [5.41, 5.74) is -0.537. The number of hydrogen-bond acceptors (Lipinski definition) is 6. The van der Waals surface area contributed by atoms with Crippen LogP contribution in [0.4, 0.5) is 8.78 Å². The Bertz CT molecular complexity index is 892. The van der Waals surface area contributed by atoms with Gasteiger partial charge in [-0.1, -0.05) is 13.8 Å². The molecule has 4 bridgehead atoms. The lowest BCUT2D eigenvalue weighted by Gasteiger charge is -2.57. The number of alkyl halides is 2. The lowest BCUT2D eigenvalue weighted by atomic mass is 9.47. The molecule has 0 spiro atoms. The van der Waals surface area contributed by atoms with Gasteiger partial charge in [0, 0.05) is 6.42 Å². The second-order valence-electron chi connectivity index (χ2n) is 9.07. The van der Waals surface area contributed by atoms with Crippen molar-refractivity contribution < 1.29 is 40.8 Å². The lowest BCUT2D eigenvalue weighted by molar-refractivity contribution is -0.173. The average Bonchev–Trinajstić information content (AvgIpc) is 3.29. The molecule has 0 aromatic carbocycles. The van der Waals surface area contributed by atoms with Gasteiger partial charge in [-0.2, -0.15) is 17.2 Å². The number of allylic oxidation sites excluding steroid dienone is 2. The Labute approximate surface area is 167 Å². The first-order valence-corrected chi connectivity index (χ1v) is 11.3. The summed E-state index contributed by atoms with van der Waals surface area (Å²) in [6.45, 7) is 2.17. The van der Waals surface area contributed by atoms with E-state index in [0.717, 1.165) is 18.4 Å². The molecule has 4 saturated carbocycles. The van der Waals surface area contributed by atoms with Gasteiger partial charge in [0.15, 0.2) is 6.61 Å². The Hall–Kier alpha value is -1.55. The first-order chi connectivity index (χ1) is 13.4. The van der Waals surface area contributed by atoms with E-state index in [0.29, 0.717) is 25.0 Å². The van der Waals surface area contributed by atoms with E-state index in [2.05, 4.69) is 4.74 Å². The molecule has 0 heterocycles. The van der Waals surface area contributed by atoms with Crippen LogP contribution in [0.2, 0.25) is 0 Å². The summed E-state index contributed by atoms with van der Waals surface area (Å²) in [6.07, 6.45) is 3.18. The number of esters is 2. The fourth-order valence-corrected chi connectivity index (χ4v) is 5.73. The standard InChI is InChI=1S/C19H24F2O7S/c1-3-18(5-10(18)2)16(23)28-13-8-17(6-11-4-12(7-17)14(11)13)15(22)27-9-19(20,21)29(24,25)26/h10-12H,3-9H2,1-2H3,(H,24,25,26). The van der Waals surface area contributed by atoms with Crippen LogP contribution in [0.3, 0.4) is 0 Å². The zero-order valence-electron chi connectivity index (χ0n) is 16.2. The predicted octanol–water partition coefficient (Wildman–Crippen LogP) is 3.06. The maximum atomic E-state index is 13.5. The van der Waals surface area contributed by atoms with Crippen LogP contribution in [0, 0.1) is 28.6 Å². The maximum absolute atomic E-state index is 13.5. The van der Waals surface area contributed by atoms with E-state index in [9.17, 15) is 26.8 Å². The highest BCUT2D eigenvalue weighted by molar-refractivity contribution is 7.86. The van der Waals surface area contributed by atoms with Gasteiger partial charge in [-0.3, -0.25) is 14.1 Å². The minimum absolute atomic E-state index is 0.0501. The van der Waals surface area contributed by atoms with Crippen molar-refractivity contribution in [1.29, 1.82) is 0 Å². The van der Waals surface area contributed by atoms with E-state index in [1.165, 1.54) is 0 Å². The van der Waals surface area contributed by atoms with E-state index in [-0.39, 0.29) is 30.1 Å². The van der Waals surface area contributed by atoms with Crippen molar-refractivity contribution in [2.45, 2.75) is 57.6 Å². The molecule has 4 fully saturated rings. The summed E-state index contributed by atoms with van der Waals surface area (Å²) in [7, 11) is -5.68. The van der Waals surface area contributed by atoms with Crippen LogP contribution >= 0.6 is 0 Å². The van der Waals surface area contributed by atoms with Crippen LogP contribution in [0.1, 0.15) is 52.4 Å². The molecule has 0 saturated heterocycles. The zero-order valence-corrected chi connectivity index (χ0v) is 17.1. The Kier molecular flexibility index (Phi) is 4.45. The fraction of sp³-hybridized carbons (Fsp3) is 0.789. The Morgan fingerprint density at radius 3 is 2.28 bits per heavy atom. The highest BCUT2D eigenvalue weighted by Gasteiger charge is 2.63. The van der Waals surface area contributed by atoms with Gasteiger partial charge in [0.05, 0.1) is 10.8 Å². The van der Waals surface area contributed by atoms with E-state index in [1.807, 2.05) is 13.8 Å². The van der Waals surface area contributed by atoms with Gasteiger partial charge in [-0.25, -0.2) is 0 Å². The largest absolute Gasteiger partial charge is 0.458 e. The molecule has 0 aliphatic heterocycles. The summed E-state index contributed by atoms with van der Waals surface area (Å²) in [6, 6.07) is 0. The zero-order chi connectivity index (χ0) is 21.4. The molecule has 6 rings (SSSR count). The molecule has 4 unspecified atom stereocenters. The SMILES string of the molecule is CCC1(C(=O)OC2=C3C4CC3CC(C(=O)OCC(F)(F)S(=O)(=O)O)(C2)C4)CC1C. The normalized spacial score (nSPS) is 37.8. The number of rotatable bonds is 7. The summed E-state index contributed by atoms with van der Waals surface area (Å²) >= 11 is 0. The lowest BCUT2D eigenvalue weighted by Crippen LogP contribution is -2.53. The smallest absolute Gasteiger partial charge is 0.402 e. The van der Waals surface area contributed by atoms with Gasteiger partial charge < -0.3 is 9.47 Å². The molecule has 0 amide bonds. The van der Waals surface area contributed by atoms with Gasteiger partial charge in [0.25, 0.3) is 0 Å². The third-order valence-electron chi connectivity index (χ3n) is 7.43. The fourth-order valence-electron chi connectivity index (χ4n) is 5.53. The highest BCUT2D eigenvalue weighted by atomic mass is 32.2. The van der Waals surface area contributed by atoms with Crippen LogP contribution in [0.25, 0.3) is 0 Å². The monoisotopic (exact) mass is 434 g/mol. The Morgan fingerprint density at radius 2 is 1.79 bits per heavy atom. The minimum atomic E-state index is -5.68. The Morgan fingerprint density at radius 1 is 1.21 bits per heavy atom. The van der Waals surface area contributed by atoms with Crippen molar-refractivity contribution in [2.75, 3.05) is 6.61 Å². The van der Waals surface area contributed by atoms with Crippen molar-refractivity contribution in [1.82, 2.24) is 0 Å². The van der Waals surface area contributed by atoms with Gasteiger partial charge in [-0.15, -0.1) is 0 Å². The second kappa shape index (κ2) is 6.23. The van der Waals surface area contributed by atoms with Crippen LogP contribution in [-0.4, -0.2) is 36.8 Å². The van der Waals surface area contributed by atoms with E-state index in [1.54, 1.807) is 0 Å². The molecule has 29 heavy (non-hydrogen) atoms. The number of ether oxygens (including phenoxy) is 2. The first kappa shape index (κ1) is 20.7. The maximum Gasteiger partial charge on any atom is 0.402 e. The number of hydrogen-bond donors (Lipinski definition) is 1. The molecule has 0 aromatic heterocycles. The molecule has 1 N–H and O–H groups in total. The molecule has 0 aromatic rings. The van der Waals surface area contributed by atoms with Crippen molar-refractivity contribution in [3.05, 3.63) is 11.3 Å². The van der Waals surface area contributed by atoms with Crippen molar-refractivity contribution in [3.8, 4) is 0 Å². The minimum Gasteiger partial charge on any atom is -0.458 e. The predicted molar refractivity (Wildman–Crippen MR) is 95.0 cm³/mol. The molecular formula is C19H24F2O7S.